The van der Waals surface area contributed by atoms with Crippen LogP contribution in [0.2, 0.25) is 0 Å². The van der Waals surface area contributed by atoms with Crippen molar-refractivity contribution in [3.63, 3.8) is 0 Å². The fraction of sp³-hybridized carbons (Fsp3) is 0.286. The van der Waals surface area contributed by atoms with Gasteiger partial charge in [0.2, 0.25) is 5.78 Å². The van der Waals surface area contributed by atoms with E-state index in [0.717, 1.165) is 5.56 Å². The third-order valence-corrected chi connectivity index (χ3v) is 2.65. The molecular formula is C14H14O3. The van der Waals surface area contributed by atoms with E-state index in [9.17, 15) is 9.59 Å². The van der Waals surface area contributed by atoms with E-state index in [1.165, 1.54) is 6.07 Å². The molecule has 1 aromatic carbocycles. The molecule has 1 heterocycles. The summed E-state index contributed by atoms with van der Waals surface area (Å²) in [5.41, 5.74) is 1.29. The molecule has 0 radical (unpaired) electrons. The van der Waals surface area contributed by atoms with Gasteiger partial charge >= 0.3 is 0 Å². The van der Waals surface area contributed by atoms with Gasteiger partial charge in [0.1, 0.15) is 5.58 Å². The average molecular weight is 230 g/mol. The highest BCUT2D eigenvalue weighted by atomic mass is 16.3. The SMILES string of the molecule is Cc1ccc2oc(C(=O)C(C)C)cc(=O)c2c1. The highest BCUT2D eigenvalue weighted by molar-refractivity contribution is 5.96. The summed E-state index contributed by atoms with van der Waals surface area (Å²) in [6.45, 7) is 5.47. The summed E-state index contributed by atoms with van der Waals surface area (Å²) in [5, 5.41) is 0.519. The van der Waals surface area contributed by atoms with E-state index in [1.54, 1.807) is 26.0 Å². The van der Waals surface area contributed by atoms with E-state index in [1.807, 2.05) is 13.0 Å². The van der Waals surface area contributed by atoms with Crippen LogP contribution in [0.1, 0.15) is 30.0 Å². The third-order valence-electron chi connectivity index (χ3n) is 2.65. The number of benzene rings is 1. The molecule has 0 bridgehead atoms. The maximum absolute atomic E-state index is 11.9. The first kappa shape index (κ1) is 11.6. The summed E-state index contributed by atoms with van der Waals surface area (Å²) < 4.78 is 5.47. The van der Waals surface area contributed by atoms with Crippen LogP contribution in [0, 0.1) is 12.8 Å². The molecule has 0 atom stereocenters. The van der Waals surface area contributed by atoms with Crippen molar-refractivity contribution in [2.75, 3.05) is 0 Å². The Morgan fingerprint density at radius 3 is 2.59 bits per heavy atom. The van der Waals surface area contributed by atoms with Gasteiger partial charge in [-0.05, 0) is 19.1 Å². The molecule has 0 N–H and O–H groups in total. The Morgan fingerprint density at radius 1 is 1.24 bits per heavy atom. The Balaban J connectivity index is 2.68. The minimum Gasteiger partial charge on any atom is -0.453 e. The van der Waals surface area contributed by atoms with Crippen molar-refractivity contribution >= 4 is 16.8 Å². The topological polar surface area (TPSA) is 47.3 Å². The first-order valence-corrected chi connectivity index (χ1v) is 5.58. The molecular weight excluding hydrogens is 216 g/mol. The maximum atomic E-state index is 11.9. The fourth-order valence-electron chi connectivity index (χ4n) is 1.68. The van der Waals surface area contributed by atoms with Gasteiger partial charge in [0.15, 0.2) is 11.2 Å². The van der Waals surface area contributed by atoms with Crippen LogP contribution in [0.25, 0.3) is 11.0 Å². The summed E-state index contributed by atoms with van der Waals surface area (Å²) in [6, 6.07) is 6.63. The number of hydrogen-bond acceptors (Lipinski definition) is 3. The summed E-state index contributed by atoms with van der Waals surface area (Å²) in [6.07, 6.45) is 0. The van der Waals surface area contributed by atoms with Gasteiger partial charge in [0.05, 0.1) is 5.39 Å². The highest BCUT2D eigenvalue weighted by Gasteiger charge is 2.15. The molecule has 0 spiro atoms. The van der Waals surface area contributed by atoms with Crippen molar-refractivity contribution in [1.29, 1.82) is 0 Å². The zero-order valence-corrected chi connectivity index (χ0v) is 10.1. The Kier molecular flexibility index (Phi) is 2.84. The molecule has 0 aliphatic heterocycles. The molecule has 0 amide bonds. The van der Waals surface area contributed by atoms with E-state index in [2.05, 4.69) is 0 Å². The third kappa shape index (κ3) is 2.13. The van der Waals surface area contributed by atoms with Crippen molar-refractivity contribution in [2.24, 2.45) is 5.92 Å². The molecule has 2 rings (SSSR count). The molecule has 2 aromatic rings. The summed E-state index contributed by atoms with van der Waals surface area (Å²) in [7, 11) is 0. The number of aryl methyl sites for hydroxylation is 1. The molecule has 3 nitrogen and oxygen atoms in total. The molecule has 17 heavy (non-hydrogen) atoms. The molecule has 0 aliphatic rings. The maximum Gasteiger partial charge on any atom is 0.200 e. The van der Waals surface area contributed by atoms with Crippen LogP contribution in [0.3, 0.4) is 0 Å². The molecule has 0 fully saturated rings. The number of Topliss-reactive ketones (excluding diaryl/α,β-unsaturated/α-hetero) is 1. The van der Waals surface area contributed by atoms with Crippen molar-refractivity contribution < 1.29 is 9.21 Å². The van der Waals surface area contributed by atoms with E-state index < -0.39 is 0 Å². The second kappa shape index (κ2) is 4.17. The van der Waals surface area contributed by atoms with Crippen LogP contribution >= 0.6 is 0 Å². The predicted molar refractivity (Wildman–Crippen MR) is 66.4 cm³/mol. The lowest BCUT2D eigenvalue weighted by Crippen LogP contribution is -2.11. The number of carbonyl (C=O) groups excluding carboxylic acids is 1. The highest BCUT2D eigenvalue weighted by Crippen LogP contribution is 2.16. The number of rotatable bonds is 2. The number of hydrogen-bond donors (Lipinski definition) is 0. The van der Waals surface area contributed by atoms with Gasteiger partial charge in [-0.3, -0.25) is 9.59 Å². The lowest BCUT2D eigenvalue weighted by molar-refractivity contribution is 0.0912. The van der Waals surface area contributed by atoms with Gasteiger partial charge in [-0.25, -0.2) is 0 Å². The molecule has 0 saturated carbocycles. The van der Waals surface area contributed by atoms with Crippen molar-refractivity contribution in [2.45, 2.75) is 20.8 Å². The quantitative estimate of drug-likeness (QED) is 0.745. The summed E-state index contributed by atoms with van der Waals surface area (Å²) >= 11 is 0. The Labute approximate surface area is 99.1 Å². The zero-order valence-electron chi connectivity index (χ0n) is 10.1. The van der Waals surface area contributed by atoms with Crippen molar-refractivity contribution in [1.82, 2.24) is 0 Å². The minimum absolute atomic E-state index is 0.140. The van der Waals surface area contributed by atoms with E-state index in [4.69, 9.17) is 4.42 Å². The van der Waals surface area contributed by atoms with E-state index in [0.29, 0.717) is 11.0 Å². The van der Waals surface area contributed by atoms with E-state index in [-0.39, 0.29) is 22.9 Å². The normalized spacial score (nSPS) is 11.1. The van der Waals surface area contributed by atoms with Crippen LogP contribution in [0.15, 0.2) is 33.5 Å². The van der Waals surface area contributed by atoms with Crippen molar-refractivity contribution in [3.8, 4) is 0 Å². The molecule has 88 valence electrons. The van der Waals surface area contributed by atoms with Gasteiger partial charge in [0, 0.05) is 12.0 Å². The Morgan fingerprint density at radius 2 is 1.94 bits per heavy atom. The largest absolute Gasteiger partial charge is 0.453 e. The molecule has 0 saturated heterocycles. The number of fused-ring (bicyclic) bond motifs is 1. The summed E-state index contributed by atoms with van der Waals surface area (Å²) in [4.78, 5) is 23.6. The first-order chi connectivity index (χ1) is 7.99. The molecule has 3 heteroatoms. The molecule has 0 aliphatic carbocycles. The van der Waals surface area contributed by atoms with Gasteiger partial charge in [-0.2, -0.15) is 0 Å². The van der Waals surface area contributed by atoms with Crippen LogP contribution in [-0.4, -0.2) is 5.78 Å². The minimum atomic E-state index is -0.180. The first-order valence-electron chi connectivity index (χ1n) is 5.58. The summed E-state index contributed by atoms with van der Waals surface area (Å²) in [5.74, 6) is -0.188. The van der Waals surface area contributed by atoms with Gasteiger partial charge in [-0.1, -0.05) is 25.5 Å². The fourth-order valence-corrected chi connectivity index (χ4v) is 1.68. The van der Waals surface area contributed by atoms with Gasteiger partial charge in [0.25, 0.3) is 0 Å². The Hall–Kier alpha value is -1.90. The number of ketones is 1. The van der Waals surface area contributed by atoms with Crippen LogP contribution < -0.4 is 5.43 Å². The second-order valence-corrected chi connectivity index (χ2v) is 4.49. The van der Waals surface area contributed by atoms with Crippen LogP contribution in [0.4, 0.5) is 0 Å². The Bertz CT molecular complexity index is 635. The predicted octanol–water partition coefficient (Wildman–Crippen LogP) is 2.94. The molecule has 1 aromatic heterocycles. The zero-order chi connectivity index (χ0) is 12.6. The van der Waals surface area contributed by atoms with Crippen molar-refractivity contribution in [3.05, 3.63) is 45.8 Å². The van der Waals surface area contributed by atoms with Crippen LogP contribution in [0.5, 0.6) is 0 Å². The van der Waals surface area contributed by atoms with Crippen LogP contribution in [-0.2, 0) is 0 Å². The van der Waals surface area contributed by atoms with Gasteiger partial charge in [-0.15, -0.1) is 0 Å². The number of carbonyl (C=O) groups is 1. The smallest absolute Gasteiger partial charge is 0.200 e. The lowest BCUT2D eigenvalue weighted by Gasteiger charge is -2.04. The second-order valence-electron chi connectivity index (χ2n) is 4.49. The average Bonchev–Trinajstić information content (AvgIpc) is 2.28. The van der Waals surface area contributed by atoms with Gasteiger partial charge < -0.3 is 4.42 Å². The lowest BCUT2D eigenvalue weighted by atomic mass is 10.1. The molecule has 0 unspecified atom stereocenters. The monoisotopic (exact) mass is 230 g/mol. The standard InChI is InChI=1S/C14H14O3/c1-8(2)14(16)13-7-11(15)10-6-9(3)4-5-12(10)17-13/h4-8H,1-3H3. The van der Waals surface area contributed by atoms with E-state index >= 15 is 0 Å².